The van der Waals surface area contributed by atoms with Gasteiger partial charge in [-0.1, -0.05) is 47.5 Å². The van der Waals surface area contributed by atoms with Gasteiger partial charge in [-0.3, -0.25) is 9.11 Å². The van der Waals surface area contributed by atoms with E-state index < -0.39 is 52.8 Å². The summed E-state index contributed by atoms with van der Waals surface area (Å²) in [5, 5.41) is 44.4. The van der Waals surface area contributed by atoms with Gasteiger partial charge in [-0.05, 0) is 95.4 Å². The second-order valence-electron chi connectivity index (χ2n) is 11.1. The molecule has 0 aliphatic carbocycles. The van der Waals surface area contributed by atoms with E-state index in [0.717, 1.165) is 23.3 Å². The molecule has 0 atom stereocenters. The van der Waals surface area contributed by atoms with Gasteiger partial charge in [0.15, 0.2) is 5.75 Å². The number of hydrogen-bond acceptors (Lipinski definition) is 13. The van der Waals surface area contributed by atoms with Crippen molar-refractivity contribution in [3.05, 3.63) is 113 Å². The summed E-state index contributed by atoms with van der Waals surface area (Å²) in [5.74, 6) is -0.787. The Balaban J connectivity index is 0.00000280. The molecule has 0 fully saturated rings. The summed E-state index contributed by atoms with van der Waals surface area (Å²) in [7, 11) is -10.2. The second kappa shape index (κ2) is 18.0. The van der Waals surface area contributed by atoms with E-state index >= 15 is 0 Å². The number of hydrogen-bond donors (Lipinski definition) is 5. The standard InChI is InChI=1S/C34H23Cl2N7O8S2.2Na.2H/c35-21-5-14-26(36)27(17-21)41-42-32-28(52(46,47)48)15-20-16-29(53(49,50)51)33(34(45)30(20)31(32)37)43-40-23-8-3-19(4-9-23)18-1-6-22(7-2-18)38-39-24-10-12-25(44)13-11-24;;;;/h1-17,44-45H,37H2,(H,46,47,48)(H,49,50,51);;;;/q;2*+1;2*-1. The predicted molar refractivity (Wildman–Crippen MR) is 201 cm³/mol. The summed E-state index contributed by atoms with van der Waals surface area (Å²) in [5.41, 5.74) is 7.35. The van der Waals surface area contributed by atoms with Crippen molar-refractivity contribution in [1.29, 1.82) is 0 Å². The van der Waals surface area contributed by atoms with Crippen molar-refractivity contribution in [1.82, 2.24) is 0 Å². The van der Waals surface area contributed by atoms with Gasteiger partial charge < -0.3 is 18.8 Å². The number of benzene rings is 6. The molecule has 0 aliphatic heterocycles. The van der Waals surface area contributed by atoms with Gasteiger partial charge in [0.1, 0.15) is 32.6 Å². The Morgan fingerprint density at radius 3 is 1.49 bits per heavy atom. The van der Waals surface area contributed by atoms with E-state index in [2.05, 4.69) is 30.7 Å². The maximum atomic E-state index is 12.4. The molecular formula is C34H25Cl2N7Na2O8S2. The second-order valence-corrected chi connectivity index (χ2v) is 14.7. The summed E-state index contributed by atoms with van der Waals surface area (Å²) >= 11 is 12.1. The van der Waals surface area contributed by atoms with Crippen molar-refractivity contribution in [3.8, 4) is 22.6 Å². The van der Waals surface area contributed by atoms with Crippen LogP contribution in [0.25, 0.3) is 21.9 Å². The third-order valence-corrected chi connectivity index (χ3v) is 9.79. The SMILES string of the molecule is Nc1c(N=Nc2cc(Cl)ccc2Cl)c(S(=O)(=O)O)cc2cc(S(=O)(=O)O)c(N=Nc3ccc(-c4ccc(N=Nc5ccc(O)cc5)cc4)cc3)c(O)c12.[H-].[H-].[Na+].[Na+]. The first-order chi connectivity index (χ1) is 25.1. The van der Waals surface area contributed by atoms with Gasteiger partial charge in [0, 0.05) is 5.02 Å². The van der Waals surface area contributed by atoms with Crippen molar-refractivity contribution < 1.29 is 98.1 Å². The van der Waals surface area contributed by atoms with Gasteiger partial charge in [0.2, 0.25) is 0 Å². The molecule has 15 nitrogen and oxygen atoms in total. The number of nitrogens with two attached hydrogens (primary N) is 1. The smallest absolute Gasteiger partial charge is 1.00 e. The molecule has 6 aromatic carbocycles. The number of rotatable bonds is 9. The zero-order chi connectivity index (χ0) is 38.1. The first-order valence-corrected chi connectivity index (χ1v) is 18.5. The van der Waals surface area contributed by atoms with Gasteiger partial charge in [0.25, 0.3) is 20.2 Å². The summed E-state index contributed by atoms with van der Waals surface area (Å²) < 4.78 is 69.6. The van der Waals surface area contributed by atoms with Gasteiger partial charge >= 0.3 is 59.1 Å². The average Bonchev–Trinajstić information content (AvgIpc) is 3.11. The predicted octanol–water partition coefficient (Wildman–Crippen LogP) is 4.78. The van der Waals surface area contributed by atoms with Crippen LogP contribution in [0.5, 0.6) is 11.5 Å². The first-order valence-electron chi connectivity index (χ1n) is 14.9. The number of aromatic hydroxyl groups is 2. The fraction of sp³-hybridized carbons (Fsp3) is 0. The van der Waals surface area contributed by atoms with Crippen LogP contribution in [0.3, 0.4) is 0 Å². The zero-order valence-electron chi connectivity index (χ0n) is 30.6. The van der Waals surface area contributed by atoms with E-state index in [0.29, 0.717) is 11.4 Å². The molecule has 6 rings (SSSR count). The monoisotopic (exact) mass is 839 g/mol. The summed E-state index contributed by atoms with van der Waals surface area (Å²) in [6.45, 7) is 0. The number of halogens is 2. The van der Waals surface area contributed by atoms with Crippen LogP contribution in [0.4, 0.5) is 39.8 Å². The fourth-order valence-electron chi connectivity index (χ4n) is 4.95. The maximum Gasteiger partial charge on any atom is 1.00 e. The van der Waals surface area contributed by atoms with E-state index in [4.69, 9.17) is 28.9 Å². The minimum absolute atomic E-state index is 0. The normalized spacial score (nSPS) is 12.0. The van der Waals surface area contributed by atoms with Gasteiger partial charge in [0.05, 0.1) is 33.2 Å². The quantitative estimate of drug-likeness (QED) is 0.0581. The molecule has 0 bridgehead atoms. The number of phenolic OH excluding ortho intramolecular Hbond substituents is 2. The molecule has 0 saturated carbocycles. The molecule has 0 saturated heterocycles. The first kappa shape index (κ1) is 43.9. The third kappa shape index (κ3) is 10.3. The van der Waals surface area contributed by atoms with Crippen molar-refractivity contribution >= 4 is 94.0 Å². The number of phenols is 2. The number of anilines is 1. The van der Waals surface area contributed by atoms with Crippen molar-refractivity contribution in [2.75, 3.05) is 5.73 Å². The van der Waals surface area contributed by atoms with Crippen molar-refractivity contribution in [2.45, 2.75) is 9.79 Å². The molecule has 0 aromatic heterocycles. The van der Waals surface area contributed by atoms with Crippen LogP contribution in [0.1, 0.15) is 2.85 Å². The zero-order valence-corrected chi connectivity index (χ0v) is 35.7. The number of azo groups is 3. The Morgan fingerprint density at radius 2 is 1.00 bits per heavy atom. The fourth-order valence-corrected chi connectivity index (χ4v) is 6.60. The molecule has 272 valence electrons. The van der Waals surface area contributed by atoms with E-state index in [1.54, 1.807) is 48.5 Å². The van der Waals surface area contributed by atoms with Gasteiger partial charge in [-0.25, -0.2) is 0 Å². The average molecular weight is 841 g/mol. The Kier molecular flexibility index (Phi) is 14.3. The molecule has 0 amide bonds. The van der Waals surface area contributed by atoms with E-state index in [1.807, 2.05) is 12.1 Å². The Bertz CT molecular complexity index is 2740. The Hall–Kier alpha value is -3.82. The number of nitrogen functional groups attached to an aromatic ring is 1. The van der Waals surface area contributed by atoms with Gasteiger partial charge in [-0.2, -0.15) is 32.2 Å². The van der Waals surface area contributed by atoms with Crippen LogP contribution in [0.2, 0.25) is 10.0 Å². The van der Waals surface area contributed by atoms with E-state index in [9.17, 15) is 36.2 Å². The van der Waals surface area contributed by atoms with Gasteiger partial charge in [-0.15, -0.1) is 15.3 Å². The Labute approximate surface area is 370 Å². The molecule has 21 heteroatoms. The number of nitrogens with zero attached hydrogens (tertiary/aromatic N) is 6. The summed E-state index contributed by atoms with van der Waals surface area (Å²) in [4.78, 5) is -1.83. The third-order valence-electron chi connectivity index (χ3n) is 7.50. The molecule has 0 spiro atoms. The molecule has 0 radical (unpaired) electrons. The maximum absolute atomic E-state index is 12.4. The molecule has 6 N–H and O–H groups in total. The van der Waals surface area contributed by atoms with E-state index in [1.165, 1.54) is 30.3 Å². The summed E-state index contributed by atoms with van der Waals surface area (Å²) in [6, 6.07) is 25.8. The molecule has 0 heterocycles. The largest absolute Gasteiger partial charge is 1.00 e. The molecule has 6 aromatic rings. The molecule has 0 unspecified atom stereocenters. The molecule has 55 heavy (non-hydrogen) atoms. The minimum atomic E-state index is -5.11. The minimum Gasteiger partial charge on any atom is -1.00 e. The molecular weight excluding hydrogens is 815 g/mol. The van der Waals surface area contributed by atoms with Crippen molar-refractivity contribution in [2.24, 2.45) is 30.7 Å². The Morgan fingerprint density at radius 1 is 0.564 bits per heavy atom. The van der Waals surface area contributed by atoms with Crippen LogP contribution in [0.15, 0.2) is 144 Å². The van der Waals surface area contributed by atoms with E-state index in [-0.39, 0.29) is 99.9 Å². The van der Waals surface area contributed by atoms with Crippen molar-refractivity contribution in [3.63, 3.8) is 0 Å². The number of fused-ring (bicyclic) bond motifs is 1. The topological polar surface area (TPSA) is 249 Å². The molecule has 0 aliphatic rings. The van der Waals surface area contributed by atoms with Crippen LogP contribution in [-0.4, -0.2) is 36.2 Å². The summed E-state index contributed by atoms with van der Waals surface area (Å²) in [6.07, 6.45) is 0. The van der Waals surface area contributed by atoms with Crippen LogP contribution >= 0.6 is 23.2 Å². The van der Waals surface area contributed by atoms with Crippen LogP contribution in [-0.2, 0) is 20.2 Å². The van der Waals surface area contributed by atoms with Crippen LogP contribution < -0.4 is 64.8 Å². The van der Waals surface area contributed by atoms with Crippen LogP contribution in [0, 0.1) is 0 Å².